The summed E-state index contributed by atoms with van der Waals surface area (Å²) in [5.41, 5.74) is 2.23. The van der Waals surface area contributed by atoms with E-state index >= 15 is 0 Å². The van der Waals surface area contributed by atoms with Crippen LogP contribution in [0.2, 0.25) is 0 Å². The first-order valence-electron chi connectivity index (χ1n) is 7.32. The number of guanidine groups is 1. The number of hydrogen-bond acceptors (Lipinski definition) is 3. The van der Waals surface area contributed by atoms with Gasteiger partial charge in [0.1, 0.15) is 0 Å². The second-order valence-corrected chi connectivity index (χ2v) is 5.95. The molecule has 0 saturated carbocycles. The van der Waals surface area contributed by atoms with E-state index in [-0.39, 0.29) is 0 Å². The second kappa shape index (κ2) is 9.10. The van der Waals surface area contributed by atoms with Gasteiger partial charge in [-0.15, -0.1) is 11.8 Å². The van der Waals surface area contributed by atoms with Gasteiger partial charge in [-0.3, -0.25) is 9.98 Å². The lowest BCUT2D eigenvalue weighted by Crippen LogP contribution is -2.38. The normalized spacial score (nSPS) is 11.3. The van der Waals surface area contributed by atoms with Gasteiger partial charge in [-0.25, -0.2) is 0 Å². The fraction of sp³-hybridized carbons (Fsp3) is 0.294. The SMILES string of the molecule is CN=C(NCCSc1ccccc1)NCc1ncccc1C. The summed E-state index contributed by atoms with van der Waals surface area (Å²) >= 11 is 1.83. The van der Waals surface area contributed by atoms with E-state index < -0.39 is 0 Å². The highest BCUT2D eigenvalue weighted by Crippen LogP contribution is 2.15. The minimum Gasteiger partial charge on any atom is -0.356 e. The molecule has 116 valence electrons. The summed E-state index contributed by atoms with van der Waals surface area (Å²) in [5.74, 6) is 1.80. The Kier molecular flexibility index (Phi) is 6.77. The van der Waals surface area contributed by atoms with Crippen LogP contribution in [0.25, 0.3) is 0 Å². The number of nitrogens with zero attached hydrogens (tertiary/aromatic N) is 2. The Balaban J connectivity index is 1.70. The van der Waals surface area contributed by atoms with Crippen LogP contribution in [0.5, 0.6) is 0 Å². The van der Waals surface area contributed by atoms with E-state index in [0.29, 0.717) is 6.54 Å². The molecule has 4 nitrogen and oxygen atoms in total. The van der Waals surface area contributed by atoms with Gasteiger partial charge in [0.05, 0.1) is 12.2 Å². The zero-order valence-electron chi connectivity index (χ0n) is 13.0. The minimum absolute atomic E-state index is 0.679. The van der Waals surface area contributed by atoms with Crippen LogP contribution in [-0.4, -0.2) is 30.3 Å². The van der Waals surface area contributed by atoms with Crippen LogP contribution in [0, 0.1) is 6.92 Å². The molecular formula is C17H22N4S. The first-order chi connectivity index (χ1) is 10.8. The molecule has 1 aromatic heterocycles. The molecule has 0 radical (unpaired) electrons. The lowest BCUT2D eigenvalue weighted by atomic mass is 10.2. The smallest absolute Gasteiger partial charge is 0.191 e. The molecular weight excluding hydrogens is 292 g/mol. The van der Waals surface area contributed by atoms with Crippen molar-refractivity contribution in [1.82, 2.24) is 15.6 Å². The van der Waals surface area contributed by atoms with Crippen LogP contribution in [0.1, 0.15) is 11.3 Å². The summed E-state index contributed by atoms with van der Waals surface area (Å²) in [6, 6.07) is 14.4. The maximum absolute atomic E-state index is 4.37. The maximum atomic E-state index is 4.37. The van der Waals surface area contributed by atoms with Crippen LogP contribution in [-0.2, 0) is 6.54 Å². The average molecular weight is 314 g/mol. The quantitative estimate of drug-likeness (QED) is 0.372. The average Bonchev–Trinajstić information content (AvgIpc) is 2.56. The van der Waals surface area contributed by atoms with Crippen LogP contribution >= 0.6 is 11.8 Å². The summed E-state index contributed by atoms with van der Waals surface area (Å²) in [6.45, 7) is 3.61. The molecule has 5 heteroatoms. The third-order valence-corrected chi connectivity index (χ3v) is 4.18. The minimum atomic E-state index is 0.679. The molecule has 1 heterocycles. The molecule has 2 N–H and O–H groups in total. The molecule has 0 saturated heterocycles. The zero-order chi connectivity index (χ0) is 15.6. The number of pyridine rings is 1. The maximum Gasteiger partial charge on any atom is 0.191 e. The van der Waals surface area contributed by atoms with Crippen molar-refractivity contribution in [2.45, 2.75) is 18.4 Å². The number of aryl methyl sites for hydroxylation is 1. The molecule has 0 atom stereocenters. The largest absolute Gasteiger partial charge is 0.356 e. The molecule has 0 fully saturated rings. The third-order valence-electron chi connectivity index (χ3n) is 3.17. The number of thioether (sulfide) groups is 1. The summed E-state index contributed by atoms with van der Waals surface area (Å²) in [6.07, 6.45) is 1.82. The molecule has 0 aliphatic rings. The molecule has 2 aromatic rings. The topological polar surface area (TPSA) is 49.3 Å². The lowest BCUT2D eigenvalue weighted by Gasteiger charge is -2.12. The zero-order valence-corrected chi connectivity index (χ0v) is 13.9. The Bertz CT molecular complexity index is 599. The van der Waals surface area contributed by atoms with Crippen molar-refractivity contribution in [3.05, 3.63) is 59.9 Å². The van der Waals surface area contributed by atoms with E-state index in [0.717, 1.165) is 24.0 Å². The predicted molar refractivity (Wildman–Crippen MR) is 94.3 cm³/mol. The van der Waals surface area contributed by atoms with Gasteiger partial charge in [-0.05, 0) is 30.7 Å². The summed E-state index contributed by atoms with van der Waals surface area (Å²) in [4.78, 5) is 9.89. The van der Waals surface area contributed by atoms with Gasteiger partial charge in [-0.1, -0.05) is 24.3 Å². The van der Waals surface area contributed by atoms with Crippen LogP contribution in [0.4, 0.5) is 0 Å². The molecule has 1 aromatic carbocycles. The van der Waals surface area contributed by atoms with E-state index in [1.54, 1.807) is 7.05 Å². The van der Waals surface area contributed by atoms with Crippen LogP contribution in [0.15, 0.2) is 58.5 Å². The fourth-order valence-electron chi connectivity index (χ4n) is 1.95. The van der Waals surface area contributed by atoms with Crippen molar-refractivity contribution in [1.29, 1.82) is 0 Å². The number of hydrogen-bond donors (Lipinski definition) is 2. The van der Waals surface area contributed by atoms with Crippen molar-refractivity contribution in [3.63, 3.8) is 0 Å². The van der Waals surface area contributed by atoms with Gasteiger partial charge in [-0.2, -0.15) is 0 Å². The van der Waals surface area contributed by atoms with Gasteiger partial charge >= 0.3 is 0 Å². The van der Waals surface area contributed by atoms with Gasteiger partial charge < -0.3 is 10.6 Å². The van der Waals surface area contributed by atoms with Gasteiger partial charge in [0.25, 0.3) is 0 Å². The molecule has 0 spiro atoms. The lowest BCUT2D eigenvalue weighted by molar-refractivity contribution is 0.807. The molecule has 2 rings (SSSR count). The fourth-order valence-corrected chi connectivity index (χ4v) is 2.74. The van der Waals surface area contributed by atoms with Gasteiger partial charge in [0.15, 0.2) is 5.96 Å². The first-order valence-corrected chi connectivity index (χ1v) is 8.31. The van der Waals surface area contributed by atoms with Crippen LogP contribution < -0.4 is 10.6 Å². The Morgan fingerprint density at radius 1 is 1.14 bits per heavy atom. The summed E-state index contributed by atoms with van der Waals surface area (Å²) < 4.78 is 0. The Morgan fingerprint density at radius 2 is 1.95 bits per heavy atom. The highest BCUT2D eigenvalue weighted by Gasteiger charge is 2.01. The molecule has 22 heavy (non-hydrogen) atoms. The predicted octanol–water partition coefficient (Wildman–Crippen LogP) is 2.85. The van der Waals surface area contributed by atoms with Crippen LogP contribution in [0.3, 0.4) is 0 Å². The number of rotatable bonds is 6. The van der Waals surface area contributed by atoms with E-state index in [1.165, 1.54) is 10.5 Å². The molecule has 0 amide bonds. The van der Waals surface area contributed by atoms with Crippen molar-refractivity contribution in [2.75, 3.05) is 19.3 Å². The summed E-state index contributed by atoms with van der Waals surface area (Å²) in [7, 11) is 1.78. The number of aliphatic imine (C=N–C) groups is 1. The third kappa shape index (κ3) is 5.41. The van der Waals surface area contributed by atoms with E-state index in [9.17, 15) is 0 Å². The van der Waals surface area contributed by atoms with Crippen molar-refractivity contribution in [3.8, 4) is 0 Å². The Morgan fingerprint density at radius 3 is 2.68 bits per heavy atom. The van der Waals surface area contributed by atoms with Crippen molar-refractivity contribution in [2.24, 2.45) is 4.99 Å². The summed E-state index contributed by atoms with van der Waals surface area (Å²) in [5, 5.41) is 6.61. The van der Waals surface area contributed by atoms with E-state index in [1.807, 2.05) is 30.1 Å². The number of aromatic nitrogens is 1. The van der Waals surface area contributed by atoms with E-state index in [2.05, 4.69) is 57.9 Å². The van der Waals surface area contributed by atoms with Crippen molar-refractivity contribution < 1.29 is 0 Å². The number of nitrogens with one attached hydrogen (secondary N) is 2. The van der Waals surface area contributed by atoms with E-state index in [4.69, 9.17) is 0 Å². The highest BCUT2D eigenvalue weighted by molar-refractivity contribution is 7.99. The van der Waals surface area contributed by atoms with Crippen molar-refractivity contribution >= 4 is 17.7 Å². The van der Waals surface area contributed by atoms with Gasteiger partial charge in [0, 0.05) is 30.4 Å². The molecule has 0 aliphatic carbocycles. The highest BCUT2D eigenvalue weighted by atomic mass is 32.2. The Hall–Kier alpha value is -2.01. The Labute approximate surface area is 136 Å². The molecule has 0 aliphatic heterocycles. The monoisotopic (exact) mass is 314 g/mol. The van der Waals surface area contributed by atoms with Gasteiger partial charge in [0.2, 0.25) is 0 Å². The molecule has 0 bridgehead atoms. The molecule has 0 unspecified atom stereocenters. The second-order valence-electron chi connectivity index (χ2n) is 4.78. The number of benzene rings is 1. The first kappa shape index (κ1) is 16.4. The standard InChI is InChI=1S/C17H22N4S/c1-14-7-6-10-19-16(14)13-21-17(18-2)20-11-12-22-15-8-4-3-5-9-15/h3-10H,11-13H2,1-2H3,(H2,18,20,21).